The largest absolute Gasteiger partial charge is 0.353 e. The summed E-state index contributed by atoms with van der Waals surface area (Å²) in [5, 5.41) is 4.82. The Labute approximate surface area is 114 Å². The first-order chi connectivity index (χ1) is 8.70. The van der Waals surface area contributed by atoms with Crippen LogP contribution in [-0.4, -0.2) is 46.9 Å². The van der Waals surface area contributed by atoms with Gasteiger partial charge in [-0.2, -0.15) is 0 Å². The SMILES string of the molecule is CCCC1CN=C(NC(C)C(=O)N2CCCC2)S1. The van der Waals surface area contributed by atoms with Crippen molar-refractivity contribution in [2.24, 2.45) is 4.99 Å². The number of hydrogen-bond acceptors (Lipinski definition) is 4. The second kappa shape index (κ2) is 6.45. The molecule has 2 heterocycles. The summed E-state index contributed by atoms with van der Waals surface area (Å²) in [4.78, 5) is 18.6. The summed E-state index contributed by atoms with van der Waals surface area (Å²) in [5.74, 6) is 0.217. The lowest BCUT2D eigenvalue weighted by molar-refractivity contribution is -0.131. The molecule has 2 aliphatic heterocycles. The normalized spacial score (nSPS) is 25.1. The highest BCUT2D eigenvalue weighted by molar-refractivity contribution is 8.14. The Hall–Kier alpha value is -0.710. The fraction of sp³-hybridized carbons (Fsp3) is 0.846. The second-order valence-electron chi connectivity index (χ2n) is 5.07. The van der Waals surface area contributed by atoms with E-state index in [9.17, 15) is 4.79 Å². The van der Waals surface area contributed by atoms with Crippen LogP contribution in [0.25, 0.3) is 0 Å². The quantitative estimate of drug-likeness (QED) is 0.847. The van der Waals surface area contributed by atoms with Crippen LogP contribution in [0.4, 0.5) is 0 Å². The fourth-order valence-electron chi connectivity index (χ4n) is 2.43. The lowest BCUT2D eigenvalue weighted by atomic mass is 10.2. The Bertz CT molecular complexity index is 326. The lowest BCUT2D eigenvalue weighted by Crippen LogP contribution is -2.45. The lowest BCUT2D eigenvalue weighted by Gasteiger charge is -2.21. The van der Waals surface area contributed by atoms with Gasteiger partial charge in [-0.3, -0.25) is 9.79 Å². The molecule has 0 spiro atoms. The zero-order valence-corrected chi connectivity index (χ0v) is 12.1. The first-order valence-electron chi connectivity index (χ1n) is 6.97. The average Bonchev–Trinajstić information content (AvgIpc) is 3.00. The summed E-state index contributed by atoms with van der Waals surface area (Å²) in [6, 6.07) is -0.144. The number of aliphatic imine (C=N–C) groups is 1. The molecule has 1 N–H and O–H groups in total. The molecule has 0 aromatic carbocycles. The van der Waals surface area contributed by atoms with Crippen molar-refractivity contribution in [2.75, 3.05) is 19.6 Å². The van der Waals surface area contributed by atoms with Gasteiger partial charge in [-0.25, -0.2) is 0 Å². The number of thioether (sulfide) groups is 1. The van der Waals surface area contributed by atoms with Crippen molar-refractivity contribution < 1.29 is 4.79 Å². The van der Waals surface area contributed by atoms with Crippen LogP contribution in [0.15, 0.2) is 4.99 Å². The summed E-state index contributed by atoms with van der Waals surface area (Å²) in [6.45, 7) is 6.87. The van der Waals surface area contributed by atoms with E-state index in [0.29, 0.717) is 5.25 Å². The Kier molecular flexibility index (Phi) is 4.92. The first-order valence-corrected chi connectivity index (χ1v) is 7.85. The zero-order chi connectivity index (χ0) is 13.0. The Morgan fingerprint density at radius 1 is 1.56 bits per heavy atom. The van der Waals surface area contributed by atoms with Crippen molar-refractivity contribution in [3.8, 4) is 0 Å². The van der Waals surface area contributed by atoms with E-state index in [1.807, 2.05) is 11.8 Å². The Morgan fingerprint density at radius 3 is 2.94 bits per heavy atom. The van der Waals surface area contributed by atoms with Crippen LogP contribution in [0.5, 0.6) is 0 Å². The Balaban J connectivity index is 1.77. The molecule has 102 valence electrons. The number of hydrogen-bond donors (Lipinski definition) is 1. The summed E-state index contributed by atoms with van der Waals surface area (Å²) in [6.07, 6.45) is 4.69. The molecule has 0 aliphatic carbocycles. The van der Waals surface area contributed by atoms with Gasteiger partial charge in [-0.05, 0) is 26.2 Å². The van der Waals surface area contributed by atoms with Gasteiger partial charge in [0.2, 0.25) is 5.91 Å². The third-order valence-corrected chi connectivity index (χ3v) is 4.64. The molecule has 18 heavy (non-hydrogen) atoms. The van der Waals surface area contributed by atoms with Crippen LogP contribution in [0.1, 0.15) is 39.5 Å². The van der Waals surface area contributed by atoms with E-state index in [2.05, 4.69) is 17.2 Å². The van der Waals surface area contributed by atoms with Crippen LogP contribution < -0.4 is 5.32 Å². The highest BCUT2D eigenvalue weighted by atomic mass is 32.2. The van der Waals surface area contributed by atoms with Crippen molar-refractivity contribution >= 4 is 22.8 Å². The maximum Gasteiger partial charge on any atom is 0.244 e. The van der Waals surface area contributed by atoms with Crippen LogP contribution in [0.3, 0.4) is 0 Å². The topological polar surface area (TPSA) is 44.7 Å². The van der Waals surface area contributed by atoms with Gasteiger partial charge in [0, 0.05) is 18.3 Å². The summed E-state index contributed by atoms with van der Waals surface area (Å²) < 4.78 is 0. The molecule has 5 heteroatoms. The molecular weight excluding hydrogens is 246 g/mol. The number of nitrogens with one attached hydrogen (secondary N) is 1. The van der Waals surface area contributed by atoms with Crippen LogP contribution >= 0.6 is 11.8 Å². The van der Waals surface area contributed by atoms with E-state index in [1.54, 1.807) is 11.8 Å². The minimum Gasteiger partial charge on any atom is -0.353 e. The van der Waals surface area contributed by atoms with Gasteiger partial charge in [-0.1, -0.05) is 25.1 Å². The second-order valence-corrected chi connectivity index (χ2v) is 6.36. The maximum atomic E-state index is 12.1. The minimum atomic E-state index is -0.144. The predicted octanol–water partition coefficient (Wildman–Crippen LogP) is 1.86. The number of nitrogens with zero attached hydrogens (tertiary/aromatic N) is 2. The predicted molar refractivity (Wildman–Crippen MR) is 77.0 cm³/mol. The molecule has 0 aromatic heterocycles. The van der Waals surface area contributed by atoms with Crippen molar-refractivity contribution in [3.05, 3.63) is 0 Å². The number of amides is 1. The molecule has 4 nitrogen and oxygen atoms in total. The number of likely N-dealkylation sites (tertiary alicyclic amines) is 1. The third kappa shape index (κ3) is 3.40. The van der Waals surface area contributed by atoms with Gasteiger partial charge in [0.25, 0.3) is 0 Å². The molecular formula is C13H23N3OS. The van der Waals surface area contributed by atoms with Gasteiger partial charge in [0.1, 0.15) is 6.04 Å². The van der Waals surface area contributed by atoms with Gasteiger partial charge >= 0.3 is 0 Å². The van der Waals surface area contributed by atoms with E-state index >= 15 is 0 Å². The minimum absolute atomic E-state index is 0.144. The van der Waals surface area contributed by atoms with Gasteiger partial charge in [-0.15, -0.1) is 0 Å². The van der Waals surface area contributed by atoms with Gasteiger partial charge in [0.15, 0.2) is 5.17 Å². The molecule has 2 atom stereocenters. The van der Waals surface area contributed by atoms with E-state index in [1.165, 1.54) is 12.8 Å². The summed E-state index contributed by atoms with van der Waals surface area (Å²) >= 11 is 1.79. The fourth-order valence-corrected chi connectivity index (χ4v) is 3.64. The molecule has 0 aromatic rings. The third-order valence-electron chi connectivity index (χ3n) is 3.46. The molecule has 0 radical (unpaired) electrons. The Morgan fingerprint density at radius 2 is 2.28 bits per heavy atom. The molecule has 0 bridgehead atoms. The van der Waals surface area contributed by atoms with E-state index in [-0.39, 0.29) is 11.9 Å². The molecule has 2 rings (SSSR count). The van der Waals surface area contributed by atoms with Crippen LogP contribution in [-0.2, 0) is 4.79 Å². The maximum absolute atomic E-state index is 12.1. The summed E-state index contributed by atoms with van der Waals surface area (Å²) in [5.41, 5.74) is 0. The van der Waals surface area contributed by atoms with E-state index < -0.39 is 0 Å². The van der Waals surface area contributed by atoms with E-state index in [4.69, 9.17) is 0 Å². The summed E-state index contributed by atoms with van der Waals surface area (Å²) in [7, 11) is 0. The van der Waals surface area contributed by atoms with Gasteiger partial charge < -0.3 is 10.2 Å². The van der Waals surface area contributed by atoms with E-state index in [0.717, 1.165) is 37.6 Å². The molecule has 2 aliphatic rings. The van der Waals surface area contributed by atoms with Crippen molar-refractivity contribution in [3.63, 3.8) is 0 Å². The van der Waals surface area contributed by atoms with Crippen LogP contribution in [0.2, 0.25) is 0 Å². The average molecular weight is 269 g/mol. The monoisotopic (exact) mass is 269 g/mol. The smallest absolute Gasteiger partial charge is 0.244 e. The molecule has 0 saturated carbocycles. The van der Waals surface area contributed by atoms with Crippen molar-refractivity contribution in [1.82, 2.24) is 10.2 Å². The highest BCUT2D eigenvalue weighted by Crippen LogP contribution is 2.23. The number of carbonyl (C=O) groups excluding carboxylic acids is 1. The molecule has 1 saturated heterocycles. The van der Waals surface area contributed by atoms with Crippen LogP contribution in [0, 0.1) is 0 Å². The molecule has 1 amide bonds. The van der Waals surface area contributed by atoms with Crippen molar-refractivity contribution in [1.29, 1.82) is 0 Å². The number of amidine groups is 1. The number of rotatable bonds is 4. The van der Waals surface area contributed by atoms with Crippen molar-refractivity contribution in [2.45, 2.75) is 50.8 Å². The molecule has 2 unspecified atom stereocenters. The first kappa shape index (κ1) is 13.7. The standard InChI is InChI=1S/C13H23N3OS/c1-3-6-11-9-14-13(18-11)15-10(2)12(17)16-7-4-5-8-16/h10-11H,3-9H2,1-2H3,(H,14,15). The highest BCUT2D eigenvalue weighted by Gasteiger charge is 2.26. The van der Waals surface area contributed by atoms with Gasteiger partial charge in [0.05, 0.1) is 6.54 Å². The zero-order valence-electron chi connectivity index (χ0n) is 11.3. The molecule has 1 fully saturated rings. The number of carbonyl (C=O) groups is 1.